The second kappa shape index (κ2) is 9.67. The van der Waals surface area contributed by atoms with Gasteiger partial charge in [-0.25, -0.2) is 0 Å². The van der Waals surface area contributed by atoms with Crippen molar-refractivity contribution >= 4 is 33.2 Å². The van der Waals surface area contributed by atoms with E-state index in [0.29, 0.717) is 24.8 Å². The number of hydrogen-bond acceptors (Lipinski definition) is 3. The summed E-state index contributed by atoms with van der Waals surface area (Å²) in [6, 6.07) is 21.8. The quantitative estimate of drug-likeness (QED) is 0.418. The zero-order valence-electron chi connectivity index (χ0n) is 15.0. The van der Waals surface area contributed by atoms with Crippen LogP contribution in [-0.4, -0.2) is 6.61 Å². The topological polar surface area (TPSA) is 30.5 Å². The molecule has 0 radical (unpaired) electrons. The van der Waals surface area contributed by atoms with E-state index in [-0.39, 0.29) is 0 Å². The highest BCUT2D eigenvalue weighted by molar-refractivity contribution is 9.10. The van der Waals surface area contributed by atoms with Crippen molar-refractivity contribution in [1.29, 1.82) is 0 Å². The molecule has 0 spiro atoms. The van der Waals surface area contributed by atoms with Gasteiger partial charge in [0.15, 0.2) is 11.5 Å². The fraction of sp³-hybridized carbons (Fsp3) is 0.182. The molecule has 3 nitrogen and oxygen atoms in total. The minimum atomic E-state index is 0.491. The molecule has 27 heavy (non-hydrogen) atoms. The summed E-state index contributed by atoms with van der Waals surface area (Å²) in [5.41, 5.74) is 3.10. The lowest BCUT2D eigenvalue weighted by Crippen LogP contribution is -2.03. The lowest BCUT2D eigenvalue weighted by atomic mass is 10.2. The largest absolute Gasteiger partial charge is 0.490 e. The molecule has 3 rings (SSSR count). The van der Waals surface area contributed by atoms with Gasteiger partial charge >= 0.3 is 0 Å². The van der Waals surface area contributed by atoms with Crippen LogP contribution in [0.25, 0.3) is 0 Å². The van der Waals surface area contributed by atoms with Crippen LogP contribution in [0, 0.1) is 0 Å². The summed E-state index contributed by atoms with van der Waals surface area (Å²) in [4.78, 5) is 0. The Labute approximate surface area is 173 Å². The Hall–Kier alpha value is -2.17. The van der Waals surface area contributed by atoms with E-state index in [1.54, 1.807) is 0 Å². The third-order valence-corrected chi connectivity index (χ3v) is 4.83. The number of nitrogens with one attached hydrogen (secondary N) is 1. The van der Waals surface area contributed by atoms with Gasteiger partial charge in [0.05, 0.1) is 17.3 Å². The average molecular weight is 447 g/mol. The van der Waals surface area contributed by atoms with E-state index < -0.39 is 0 Å². The van der Waals surface area contributed by atoms with Gasteiger partial charge < -0.3 is 14.8 Å². The van der Waals surface area contributed by atoms with Crippen LogP contribution >= 0.6 is 27.5 Å². The van der Waals surface area contributed by atoms with Crippen molar-refractivity contribution in [2.45, 2.75) is 20.1 Å². The molecular weight excluding hydrogens is 426 g/mol. The predicted octanol–water partition coefficient (Wildman–Crippen LogP) is 6.69. The van der Waals surface area contributed by atoms with Crippen molar-refractivity contribution in [1.82, 2.24) is 0 Å². The first-order chi connectivity index (χ1) is 13.2. The van der Waals surface area contributed by atoms with Gasteiger partial charge in [0, 0.05) is 11.0 Å². The Balaban J connectivity index is 1.68. The zero-order chi connectivity index (χ0) is 19.1. The summed E-state index contributed by atoms with van der Waals surface area (Å²) in [6.45, 7) is 3.69. The molecule has 140 valence electrons. The van der Waals surface area contributed by atoms with Crippen LogP contribution in [0.4, 0.5) is 5.69 Å². The van der Waals surface area contributed by atoms with Crippen molar-refractivity contribution in [2.24, 2.45) is 0 Å². The van der Waals surface area contributed by atoms with Crippen LogP contribution in [0.1, 0.15) is 18.1 Å². The minimum Gasteiger partial charge on any atom is -0.490 e. The molecule has 0 saturated heterocycles. The summed E-state index contributed by atoms with van der Waals surface area (Å²) in [6.07, 6.45) is 0. The van der Waals surface area contributed by atoms with Crippen LogP contribution in [0.2, 0.25) is 5.02 Å². The third kappa shape index (κ3) is 5.65. The molecule has 0 bridgehead atoms. The smallest absolute Gasteiger partial charge is 0.161 e. The number of hydrogen-bond donors (Lipinski definition) is 1. The van der Waals surface area contributed by atoms with Gasteiger partial charge in [0.25, 0.3) is 0 Å². The Morgan fingerprint density at radius 2 is 1.63 bits per heavy atom. The first kappa shape index (κ1) is 19.6. The van der Waals surface area contributed by atoms with E-state index in [4.69, 9.17) is 21.1 Å². The summed E-state index contributed by atoms with van der Waals surface area (Å²) in [5, 5.41) is 4.05. The van der Waals surface area contributed by atoms with Crippen LogP contribution < -0.4 is 14.8 Å². The number of ether oxygens (including phenoxy) is 2. The van der Waals surface area contributed by atoms with E-state index in [2.05, 4.69) is 21.2 Å². The molecule has 0 unspecified atom stereocenters. The third-order valence-electron chi connectivity index (χ3n) is 3.97. The van der Waals surface area contributed by atoms with Gasteiger partial charge in [0.1, 0.15) is 6.61 Å². The molecule has 0 heterocycles. The Morgan fingerprint density at radius 1 is 0.889 bits per heavy atom. The van der Waals surface area contributed by atoms with E-state index >= 15 is 0 Å². The Bertz CT molecular complexity index is 884. The van der Waals surface area contributed by atoms with Gasteiger partial charge in [-0.05, 0) is 54.4 Å². The summed E-state index contributed by atoms with van der Waals surface area (Å²) >= 11 is 9.64. The molecule has 0 saturated carbocycles. The minimum absolute atomic E-state index is 0.491. The Kier molecular flexibility index (Phi) is 7.02. The molecule has 5 heteroatoms. The molecule has 0 fully saturated rings. The first-order valence-corrected chi connectivity index (χ1v) is 9.94. The number of para-hydroxylation sites is 1. The number of rotatable bonds is 8. The van der Waals surface area contributed by atoms with Crippen LogP contribution in [-0.2, 0) is 13.2 Å². The molecule has 0 aliphatic carbocycles. The van der Waals surface area contributed by atoms with E-state index in [1.807, 2.05) is 73.7 Å². The van der Waals surface area contributed by atoms with Gasteiger partial charge in [-0.15, -0.1) is 0 Å². The molecule has 3 aromatic rings. The normalized spacial score (nSPS) is 10.5. The maximum atomic E-state index is 6.20. The standard InChI is InChI=1S/C22H21BrClNO2/c1-2-26-22-13-17(14-25-20-6-4-3-5-19(20)24)9-12-21(22)27-15-16-7-10-18(23)11-8-16/h3-13,25H,2,14-15H2,1H3. The monoisotopic (exact) mass is 445 g/mol. The molecule has 0 aliphatic heterocycles. The summed E-state index contributed by atoms with van der Waals surface area (Å²) in [5.74, 6) is 1.48. The lowest BCUT2D eigenvalue weighted by Gasteiger charge is -2.14. The van der Waals surface area contributed by atoms with E-state index in [9.17, 15) is 0 Å². The maximum Gasteiger partial charge on any atom is 0.161 e. The predicted molar refractivity (Wildman–Crippen MR) is 115 cm³/mol. The van der Waals surface area contributed by atoms with Gasteiger partial charge in [-0.1, -0.05) is 57.9 Å². The molecule has 0 amide bonds. The highest BCUT2D eigenvalue weighted by Crippen LogP contribution is 2.30. The molecule has 0 aliphatic rings. The number of halogens is 2. The average Bonchev–Trinajstić information content (AvgIpc) is 2.68. The van der Waals surface area contributed by atoms with Crippen LogP contribution in [0.5, 0.6) is 11.5 Å². The second-order valence-corrected chi connectivity index (χ2v) is 7.29. The van der Waals surface area contributed by atoms with Crippen molar-refractivity contribution in [3.05, 3.63) is 87.4 Å². The van der Waals surface area contributed by atoms with Gasteiger partial charge in [-0.2, -0.15) is 0 Å². The second-order valence-electron chi connectivity index (χ2n) is 5.96. The molecule has 0 atom stereocenters. The van der Waals surface area contributed by atoms with Crippen LogP contribution in [0.15, 0.2) is 71.2 Å². The fourth-order valence-corrected chi connectivity index (χ4v) is 3.06. The molecule has 3 aromatic carbocycles. The van der Waals surface area contributed by atoms with Crippen LogP contribution in [0.3, 0.4) is 0 Å². The van der Waals surface area contributed by atoms with Crippen molar-refractivity contribution in [3.8, 4) is 11.5 Å². The van der Waals surface area contributed by atoms with Gasteiger partial charge in [-0.3, -0.25) is 0 Å². The number of anilines is 1. The van der Waals surface area contributed by atoms with E-state index in [0.717, 1.165) is 32.8 Å². The number of benzene rings is 3. The highest BCUT2D eigenvalue weighted by atomic mass is 79.9. The SMILES string of the molecule is CCOc1cc(CNc2ccccc2Cl)ccc1OCc1ccc(Br)cc1. The summed E-state index contributed by atoms with van der Waals surface area (Å²) < 4.78 is 12.8. The molecule has 0 aromatic heterocycles. The van der Waals surface area contributed by atoms with Crippen molar-refractivity contribution in [2.75, 3.05) is 11.9 Å². The first-order valence-electron chi connectivity index (χ1n) is 8.77. The van der Waals surface area contributed by atoms with E-state index in [1.165, 1.54) is 0 Å². The fourth-order valence-electron chi connectivity index (χ4n) is 2.59. The van der Waals surface area contributed by atoms with Gasteiger partial charge in [0.2, 0.25) is 0 Å². The zero-order valence-corrected chi connectivity index (χ0v) is 17.4. The van der Waals surface area contributed by atoms with Crippen molar-refractivity contribution in [3.63, 3.8) is 0 Å². The summed E-state index contributed by atoms with van der Waals surface area (Å²) in [7, 11) is 0. The Morgan fingerprint density at radius 3 is 2.37 bits per heavy atom. The molecular formula is C22H21BrClNO2. The molecule has 1 N–H and O–H groups in total. The van der Waals surface area contributed by atoms with Crippen molar-refractivity contribution < 1.29 is 9.47 Å². The highest BCUT2D eigenvalue weighted by Gasteiger charge is 2.08. The lowest BCUT2D eigenvalue weighted by molar-refractivity contribution is 0.269. The maximum absolute atomic E-state index is 6.20.